The van der Waals surface area contributed by atoms with Crippen molar-refractivity contribution in [3.8, 4) is 16.8 Å². The molecule has 4 heteroatoms. The van der Waals surface area contributed by atoms with E-state index in [1.165, 1.54) is 66.1 Å². The lowest BCUT2D eigenvalue weighted by atomic mass is 9.96. The van der Waals surface area contributed by atoms with Crippen molar-refractivity contribution < 1.29 is 0 Å². The van der Waals surface area contributed by atoms with Gasteiger partial charge in [0.25, 0.3) is 0 Å². The lowest BCUT2D eigenvalue weighted by Gasteiger charge is -2.17. The summed E-state index contributed by atoms with van der Waals surface area (Å²) in [5.41, 5.74) is 13.1. The van der Waals surface area contributed by atoms with Gasteiger partial charge in [0.2, 0.25) is 0 Å². The number of para-hydroxylation sites is 1. The van der Waals surface area contributed by atoms with E-state index in [4.69, 9.17) is 0 Å². The zero-order valence-electron chi connectivity index (χ0n) is 25.8. The van der Waals surface area contributed by atoms with Gasteiger partial charge < -0.3 is 15.2 Å². The molecule has 7 aromatic rings. The minimum Gasteiger partial charge on any atom is -0.386 e. The van der Waals surface area contributed by atoms with E-state index in [0.29, 0.717) is 0 Å². The molecule has 0 unspecified atom stereocenters. The van der Waals surface area contributed by atoms with Crippen LogP contribution in [0.5, 0.6) is 0 Å². The van der Waals surface area contributed by atoms with Gasteiger partial charge in [-0.3, -0.25) is 4.98 Å². The molecule has 2 aliphatic heterocycles. The van der Waals surface area contributed by atoms with Crippen molar-refractivity contribution in [2.45, 2.75) is 0 Å². The Morgan fingerprint density at radius 1 is 0.660 bits per heavy atom. The van der Waals surface area contributed by atoms with Crippen molar-refractivity contribution in [2.75, 3.05) is 13.1 Å². The Kier molecular flexibility index (Phi) is 6.57. The smallest absolute Gasteiger partial charge is 0.0619 e. The van der Waals surface area contributed by atoms with E-state index in [2.05, 4.69) is 160 Å². The van der Waals surface area contributed by atoms with Crippen LogP contribution < -0.4 is 10.6 Å². The SMILES string of the molecule is C1=CCNC(c2ccc(-c3ccc4c(ccc5c6ccc(C7=CC(c8cccnc8)=CNC7)cc6n(-c6ccccc6)c45)c3)cc2)=C1. The molecule has 5 aromatic carbocycles. The summed E-state index contributed by atoms with van der Waals surface area (Å²) >= 11 is 0. The molecule has 0 radical (unpaired) electrons. The Labute approximate surface area is 273 Å². The van der Waals surface area contributed by atoms with E-state index in [9.17, 15) is 0 Å². The van der Waals surface area contributed by atoms with Crippen molar-refractivity contribution in [2.24, 2.45) is 0 Å². The number of rotatable bonds is 5. The molecule has 0 saturated carbocycles. The molecule has 0 amide bonds. The third-order valence-electron chi connectivity index (χ3n) is 9.34. The summed E-state index contributed by atoms with van der Waals surface area (Å²) in [7, 11) is 0. The van der Waals surface area contributed by atoms with Gasteiger partial charge in [-0.1, -0.05) is 97.1 Å². The Balaban J connectivity index is 1.18. The molecule has 47 heavy (non-hydrogen) atoms. The minimum atomic E-state index is 0.776. The predicted octanol–water partition coefficient (Wildman–Crippen LogP) is 9.53. The number of pyridine rings is 1. The zero-order valence-corrected chi connectivity index (χ0v) is 25.8. The van der Waals surface area contributed by atoms with Gasteiger partial charge in [-0.15, -0.1) is 0 Å². The molecular formula is C43H32N4. The van der Waals surface area contributed by atoms with E-state index in [1.807, 2.05) is 18.5 Å². The fourth-order valence-electron chi connectivity index (χ4n) is 7.00. The molecule has 2 aromatic heterocycles. The van der Waals surface area contributed by atoms with E-state index >= 15 is 0 Å². The largest absolute Gasteiger partial charge is 0.386 e. The average Bonchev–Trinajstić information content (AvgIpc) is 3.50. The molecule has 2 aliphatic rings. The highest BCUT2D eigenvalue weighted by atomic mass is 15.0. The first kappa shape index (κ1) is 27.2. The quantitative estimate of drug-likeness (QED) is 0.206. The maximum absolute atomic E-state index is 4.33. The van der Waals surface area contributed by atoms with Crippen LogP contribution in [0.1, 0.15) is 16.7 Å². The van der Waals surface area contributed by atoms with Gasteiger partial charge in [-0.2, -0.15) is 0 Å². The van der Waals surface area contributed by atoms with Crippen LogP contribution in [-0.4, -0.2) is 22.6 Å². The number of fused-ring (bicyclic) bond motifs is 5. The van der Waals surface area contributed by atoms with Crippen molar-refractivity contribution in [3.05, 3.63) is 175 Å². The van der Waals surface area contributed by atoms with Gasteiger partial charge in [-0.25, -0.2) is 0 Å². The molecule has 0 spiro atoms. The Morgan fingerprint density at radius 3 is 2.30 bits per heavy atom. The fraction of sp³-hybridized carbons (Fsp3) is 0.0465. The normalized spacial score (nSPS) is 14.4. The molecule has 0 bridgehead atoms. The molecule has 4 heterocycles. The van der Waals surface area contributed by atoms with Crippen LogP contribution in [-0.2, 0) is 0 Å². The van der Waals surface area contributed by atoms with Crippen LogP contribution >= 0.6 is 0 Å². The third-order valence-corrected chi connectivity index (χ3v) is 9.34. The maximum atomic E-state index is 4.33. The van der Waals surface area contributed by atoms with Gasteiger partial charge in [0.1, 0.15) is 0 Å². The van der Waals surface area contributed by atoms with Crippen LogP contribution in [0.4, 0.5) is 0 Å². The number of nitrogens with one attached hydrogen (secondary N) is 2. The number of hydrogen-bond acceptors (Lipinski definition) is 3. The van der Waals surface area contributed by atoms with Gasteiger partial charge in [0.15, 0.2) is 0 Å². The lowest BCUT2D eigenvalue weighted by Crippen LogP contribution is -2.14. The molecule has 0 saturated heterocycles. The number of aromatic nitrogens is 2. The molecule has 0 atom stereocenters. The summed E-state index contributed by atoms with van der Waals surface area (Å²) in [5, 5.41) is 11.9. The van der Waals surface area contributed by atoms with Crippen molar-refractivity contribution >= 4 is 49.4 Å². The number of dihydropyridines is 2. The van der Waals surface area contributed by atoms with Crippen molar-refractivity contribution in [1.29, 1.82) is 0 Å². The van der Waals surface area contributed by atoms with E-state index in [0.717, 1.165) is 29.9 Å². The fourth-order valence-corrected chi connectivity index (χ4v) is 7.00. The van der Waals surface area contributed by atoms with Crippen molar-refractivity contribution in [3.63, 3.8) is 0 Å². The zero-order chi connectivity index (χ0) is 31.2. The summed E-state index contributed by atoms with van der Waals surface area (Å²) < 4.78 is 2.44. The highest BCUT2D eigenvalue weighted by Gasteiger charge is 2.18. The third kappa shape index (κ3) is 4.82. The second-order valence-electron chi connectivity index (χ2n) is 12.2. The van der Waals surface area contributed by atoms with Crippen LogP contribution in [0.2, 0.25) is 0 Å². The Bertz CT molecular complexity index is 2430. The van der Waals surface area contributed by atoms with E-state index in [1.54, 1.807) is 0 Å². The van der Waals surface area contributed by atoms with Gasteiger partial charge in [0, 0.05) is 64.8 Å². The molecule has 2 N–H and O–H groups in total. The maximum Gasteiger partial charge on any atom is 0.0619 e. The molecular weight excluding hydrogens is 573 g/mol. The Hall–Kier alpha value is -6.13. The molecule has 4 nitrogen and oxygen atoms in total. The highest BCUT2D eigenvalue weighted by molar-refractivity contribution is 6.19. The van der Waals surface area contributed by atoms with Crippen LogP contribution in [0.3, 0.4) is 0 Å². The van der Waals surface area contributed by atoms with Gasteiger partial charge in [-0.05, 0) is 81.3 Å². The monoisotopic (exact) mass is 604 g/mol. The first-order valence-electron chi connectivity index (χ1n) is 16.1. The number of allylic oxidation sites excluding steroid dienone is 4. The van der Waals surface area contributed by atoms with Crippen LogP contribution in [0.15, 0.2) is 158 Å². The summed E-state index contributed by atoms with van der Waals surface area (Å²) in [6, 6.07) is 42.1. The second-order valence-corrected chi connectivity index (χ2v) is 12.2. The molecule has 9 rings (SSSR count). The number of nitrogens with zero attached hydrogens (tertiary/aromatic N) is 2. The Morgan fingerprint density at radius 2 is 1.47 bits per heavy atom. The summed E-state index contributed by atoms with van der Waals surface area (Å²) in [4.78, 5) is 4.33. The first-order valence-corrected chi connectivity index (χ1v) is 16.1. The predicted molar refractivity (Wildman–Crippen MR) is 197 cm³/mol. The standard InChI is InChI=1S/C43H32N4/c1-2-8-37(9-3-1)47-42-25-32(35-24-36(28-45-27-35)34-7-6-21-44-26-34)16-19-39(42)40-20-17-33-23-31(15-18-38(33)43(40)47)29-11-13-30(14-12-29)41-10-4-5-22-46-41/h1-21,23-26,28,45-46H,22,27H2. The topological polar surface area (TPSA) is 41.9 Å². The number of benzene rings is 5. The summed E-state index contributed by atoms with van der Waals surface area (Å²) in [6.45, 7) is 1.64. The highest BCUT2D eigenvalue weighted by Crippen LogP contribution is 2.39. The van der Waals surface area contributed by atoms with Crippen molar-refractivity contribution in [1.82, 2.24) is 20.2 Å². The van der Waals surface area contributed by atoms with Gasteiger partial charge >= 0.3 is 0 Å². The first-order chi connectivity index (χ1) is 23.3. The average molecular weight is 605 g/mol. The van der Waals surface area contributed by atoms with Crippen LogP contribution in [0, 0.1) is 0 Å². The summed E-state index contributed by atoms with van der Waals surface area (Å²) in [5.74, 6) is 0. The van der Waals surface area contributed by atoms with Crippen LogP contribution in [0.25, 0.3) is 66.2 Å². The van der Waals surface area contributed by atoms with Gasteiger partial charge in [0.05, 0.1) is 11.0 Å². The molecule has 0 fully saturated rings. The minimum absolute atomic E-state index is 0.776. The number of hydrogen-bond donors (Lipinski definition) is 2. The second kappa shape index (κ2) is 11.3. The lowest BCUT2D eigenvalue weighted by molar-refractivity contribution is 0.990. The molecule has 0 aliphatic carbocycles. The van der Waals surface area contributed by atoms with E-state index in [-0.39, 0.29) is 0 Å². The van der Waals surface area contributed by atoms with E-state index < -0.39 is 0 Å². The summed E-state index contributed by atoms with van der Waals surface area (Å²) in [6.07, 6.45) is 14.5. The molecule has 224 valence electrons.